The van der Waals surface area contributed by atoms with E-state index in [1.807, 2.05) is 86.6 Å². The van der Waals surface area contributed by atoms with Crippen LogP contribution in [-0.4, -0.2) is 21.9 Å². The first-order valence-electron chi connectivity index (χ1n) is 10.5. The van der Waals surface area contributed by atoms with Crippen molar-refractivity contribution >= 4 is 11.6 Å². The second kappa shape index (κ2) is 9.39. The Morgan fingerprint density at radius 3 is 2.23 bits per heavy atom. The Labute approximate surface area is 182 Å². The third-order valence-electron chi connectivity index (χ3n) is 5.02. The zero-order chi connectivity index (χ0) is 21.6. The Balaban J connectivity index is 1.59. The standard InChI is InChI=1S/C26H25N3O2/c1-19(2)29(22-14-9-17-27-18-22)24(30)16-15-23-28-25(20-10-5-3-6-11-20)26(31-23)21-12-7-4-8-13-21/h3-14,17-19H,15-16H2,1-2H3. The van der Waals surface area contributed by atoms with Gasteiger partial charge in [0.15, 0.2) is 11.7 Å². The first kappa shape index (κ1) is 20.5. The predicted molar refractivity (Wildman–Crippen MR) is 123 cm³/mol. The van der Waals surface area contributed by atoms with E-state index in [2.05, 4.69) is 4.98 Å². The molecule has 2 heterocycles. The van der Waals surface area contributed by atoms with E-state index >= 15 is 0 Å². The van der Waals surface area contributed by atoms with E-state index in [1.54, 1.807) is 17.3 Å². The summed E-state index contributed by atoms with van der Waals surface area (Å²) in [5.74, 6) is 1.30. The van der Waals surface area contributed by atoms with Gasteiger partial charge in [-0.15, -0.1) is 0 Å². The van der Waals surface area contributed by atoms with Gasteiger partial charge in [-0.2, -0.15) is 0 Å². The maximum Gasteiger partial charge on any atom is 0.227 e. The molecule has 1 amide bonds. The Morgan fingerprint density at radius 1 is 0.935 bits per heavy atom. The molecule has 0 atom stereocenters. The number of anilines is 1. The number of hydrogen-bond acceptors (Lipinski definition) is 4. The summed E-state index contributed by atoms with van der Waals surface area (Å²) in [7, 11) is 0. The van der Waals surface area contributed by atoms with Gasteiger partial charge in [0.1, 0.15) is 5.69 Å². The largest absolute Gasteiger partial charge is 0.440 e. The molecule has 4 rings (SSSR count). The molecule has 0 bridgehead atoms. The van der Waals surface area contributed by atoms with Crippen LogP contribution in [0.1, 0.15) is 26.2 Å². The van der Waals surface area contributed by atoms with Gasteiger partial charge >= 0.3 is 0 Å². The van der Waals surface area contributed by atoms with Crippen LogP contribution in [0, 0.1) is 0 Å². The van der Waals surface area contributed by atoms with Crippen LogP contribution in [0.5, 0.6) is 0 Å². The maximum atomic E-state index is 13.0. The van der Waals surface area contributed by atoms with Crippen molar-refractivity contribution in [3.05, 3.63) is 91.1 Å². The highest BCUT2D eigenvalue weighted by molar-refractivity contribution is 5.93. The third-order valence-corrected chi connectivity index (χ3v) is 5.02. The predicted octanol–water partition coefficient (Wildman–Crippen LogP) is 5.78. The first-order valence-corrected chi connectivity index (χ1v) is 10.5. The van der Waals surface area contributed by atoms with Crippen molar-refractivity contribution in [2.24, 2.45) is 0 Å². The highest BCUT2D eigenvalue weighted by Gasteiger charge is 2.21. The van der Waals surface area contributed by atoms with Crippen LogP contribution in [0.15, 0.2) is 89.6 Å². The van der Waals surface area contributed by atoms with Crippen LogP contribution >= 0.6 is 0 Å². The highest BCUT2D eigenvalue weighted by atomic mass is 16.4. The Morgan fingerprint density at radius 2 is 1.61 bits per heavy atom. The Bertz CT molecular complexity index is 1070. The van der Waals surface area contributed by atoms with Crippen molar-refractivity contribution in [1.82, 2.24) is 9.97 Å². The summed E-state index contributed by atoms with van der Waals surface area (Å²) in [6, 6.07) is 23.7. The van der Waals surface area contributed by atoms with Crippen LogP contribution in [0.4, 0.5) is 5.69 Å². The molecule has 4 aromatic rings. The zero-order valence-corrected chi connectivity index (χ0v) is 17.7. The smallest absolute Gasteiger partial charge is 0.227 e. The molecule has 0 aliphatic carbocycles. The number of amides is 1. The number of hydrogen-bond donors (Lipinski definition) is 0. The summed E-state index contributed by atoms with van der Waals surface area (Å²) in [6.45, 7) is 3.99. The molecule has 0 unspecified atom stereocenters. The summed E-state index contributed by atoms with van der Waals surface area (Å²) in [6.07, 6.45) is 4.14. The summed E-state index contributed by atoms with van der Waals surface area (Å²) >= 11 is 0. The lowest BCUT2D eigenvalue weighted by Crippen LogP contribution is -2.37. The van der Waals surface area contributed by atoms with Crippen LogP contribution in [-0.2, 0) is 11.2 Å². The lowest BCUT2D eigenvalue weighted by atomic mass is 10.1. The second-order valence-electron chi connectivity index (χ2n) is 7.59. The lowest BCUT2D eigenvalue weighted by Gasteiger charge is -2.26. The van der Waals surface area contributed by atoms with Crippen LogP contribution < -0.4 is 4.90 Å². The molecule has 5 heteroatoms. The van der Waals surface area contributed by atoms with E-state index in [1.165, 1.54) is 0 Å². The summed E-state index contributed by atoms with van der Waals surface area (Å²) in [4.78, 5) is 23.7. The fourth-order valence-corrected chi connectivity index (χ4v) is 3.61. The summed E-state index contributed by atoms with van der Waals surface area (Å²) in [5, 5.41) is 0. The minimum Gasteiger partial charge on any atom is -0.440 e. The van der Waals surface area contributed by atoms with Gasteiger partial charge < -0.3 is 9.32 Å². The average molecular weight is 412 g/mol. The fourth-order valence-electron chi connectivity index (χ4n) is 3.61. The molecule has 0 radical (unpaired) electrons. The van der Waals surface area contributed by atoms with E-state index < -0.39 is 0 Å². The van der Waals surface area contributed by atoms with Crippen molar-refractivity contribution < 1.29 is 9.21 Å². The molecule has 0 aliphatic rings. The van der Waals surface area contributed by atoms with Crippen LogP contribution in [0.3, 0.4) is 0 Å². The monoisotopic (exact) mass is 411 g/mol. The minimum atomic E-state index is 0.0173. The molecular weight excluding hydrogens is 386 g/mol. The van der Waals surface area contributed by atoms with Gasteiger partial charge in [0.05, 0.1) is 11.9 Å². The van der Waals surface area contributed by atoms with Crippen molar-refractivity contribution in [3.8, 4) is 22.6 Å². The molecule has 0 saturated heterocycles. The van der Waals surface area contributed by atoms with E-state index in [0.29, 0.717) is 18.7 Å². The molecule has 0 aliphatic heterocycles. The van der Waals surface area contributed by atoms with E-state index in [-0.39, 0.29) is 11.9 Å². The van der Waals surface area contributed by atoms with Crippen molar-refractivity contribution in [2.45, 2.75) is 32.7 Å². The van der Waals surface area contributed by atoms with Gasteiger partial charge in [0, 0.05) is 36.2 Å². The van der Waals surface area contributed by atoms with Gasteiger partial charge in [0.25, 0.3) is 0 Å². The van der Waals surface area contributed by atoms with Gasteiger partial charge in [0.2, 0.25) is 5.91 Å². The first-order chi connectivity index (χ1) is 15.1. The number of aryl methyl sites for hydroxylation is 1. The number of oxazole rings is 1. The van der Waals surface area contributed by atoms with Crippen molar-refractivity contribution in [2.75, 3.05) is 4.90 Å². The Hall–Kier alpha value is -3.73. The van der Waals surface area contributed by atoms with Gasteiger partial charge in [-0.3, -0.25) is 9.78 Å². The van der Waals surface area contributed by atoms with Crippen LogP contribution in [0.2, 0.25) is 0 Å². The Kier molecular flexibility index (Phi) is 6.22. The van der Waals surface area contributed by atoms with Gasteiger partial charge in [-0.25, -0.2) is 4.98 Å². The molecule has 0 spiro atoms. The number of nitrogens with zero attached hydrogens (tertiary/aromatic N) is 3. The summed E-state index contributed by atoms with van der Waals surface area (Å²) < 4.78 is 6.16. The fraction of sp³-hybridized carbons (Fsp3) is 0.192. The maximum absolute atomic E-state index is 13.0. The number of carbonyl (C=O) groups excluding carboxylic acids is 1. The number of benzene rings is 2. The van der Waals surface area contributed by atoms with Crippen molar-refractivity contribution in [1.29, 1.82) is 0 Å². The zero-order valence-electron chi connectivity index (χ0n) is 17.7. The molecule has 2 aromatic heterocycles. The number of rotatable bonds is 7. The average Bonchev–Trinajstić information content (AvgIpc) is 3.24. The molecule has 0 fully saturated rings. The number of carbonyl (C=O) groups is 1. The molecule has 156 valence electrons. The van der Waals surface area contributed by atoms with E-state index in [9.17, 15) is 4.79 Å². The quantitative estimate of drug-likeness (QED) is 0.387. The topological polar surface area (TPSA) is 59.2 Å². The molecular formula is C26H25N3O2. The molecule has 0 saturated carbocycles. The normalized spacial score (nSPS) is 10.9. The van der Waals surface area contributed by atoms with Gasteiger partial charge in [-0.1, -0.05) is 60.7 Å². The third kappa shape index (κ3) is 4.72. The number of aromatic nitrogens is 2. The minimum absolute atomic E-state index is 0.0173. The second-order valence-corrected chi connectivity index (χ2v) is 7.59. The highest BCUT2D eigenvalue weighted by Crippen LogP contribution is 2.33. The SMILES string of the molecule is CC(C)N(C(=O)CCc1nc(-c2ccccc2)c(-c2ccccc2)o1)c1cccnc1. The van der Waals surface area contributed by atoms with E-state index in [4.69, 9.17) is 9.40 Å². The number of pyridine rings is 1. The van der Waals surface area contributed by atoms with Crippen LogP contribution in [0.25, 0.3) is 22.6 Å². The molecule has 31 heavy (non-hydrogen) atoms. The van der Waals surface area contributed by atoms with E-state index in [0.717, 1.165) is 28.3 Å². The van der Waals surface area contributed by atoms with Crippen molar-refractivity contribution in [3.63, 3.8) is 0 Å². The molecule has 2 aromatic carbocycles. The van der Waals surface area contributed by atoms with Gasteiger partial charge in [-0.05, 0) is 26.0 Å². The lowest BCUT2D eigenvalue weighted by molar-refractivity contribution is -0.119. The molecule has 0 N–H and O–H groups in total. The molecule has 5 nitrogen and oxygen atoms in total. The summed E-state index contributed by atoms with van der Waals surface area (Å²) in [5.41, 5.74) is 3.54.